The van der Waals surface area contributed by atoms with Gasteiger partial charge in [-0.2, -0.15) is 0 Å². The fourth-order valence-electron chi connectivity index (χ4n) is 8.56. The molecule has 0 aliphatic rings. The quantitative estimate of drug-likeness (QED) is 0.118. The summed E-state index contributed by atoms with van der Waals surface area (Å²) in [6, 6.07) is 96.3. The molecule has 0 spiro atoms. The van der Waals surface area contributed by atoms with Crippen molar-refractivity contribution in [2.45, 2.75) is 5.92 Å². The van der Waals surface area contributed by atoms with E-state index in [0.29, 0.717) is 0 Å². The van der Waals surface area contributed by atoms with Crippen LogP contribution in [0.2, 0.25) is 0 Å². The molecule has 62 heavy (non-hydrogen) atoms. The van der Waals surface area contributed by atoms with Crippen LogP contribution >= 0.6 is 0 Å². The summed E-state index contributed by atoms with van der Waals surface area (Å²) in [4.78, 5) is 2.32. The average Bonchev–Trinajstić information content (AvgIpc) is 3.36. The van der Waals surface area contributed by atoms with Crippen LogP contribution in [-0.4, -0.2) is 0 Å². The molecule has 0 amide bonds. The topological polar surface area (TPSA) is 3.24 Å². The molecule has 1 nitrogen and oxygen atoms in total. The van der Waals surface area contributed by atoms with Crippen LogP contribution in [0.3, 0.4) is 0 Å². The van der Waals surface area contributed by atoms with Gasteiger partial charge in [-0.05, 0) is 109 Å². The summed E-state index contributed by atoms with van der Waals surface area (Å²) in [7, 11) is 0. The fourth-order valence-corrected chi connectivity index (χ4v) is 8.56. The Hall–Kier alpha value is -8.00. The third-order valence-corrected chi connectivity index (χ3v) is 11.9. The molecule has 1 unspecified atom stereocenters. The largest absolute Gasteiger partial charge is 0.311 e. The number of para-hydroxylation sites is 1. The molecule has 10 aromatic rings. The minimum atomic E-state index is 0.113. The fraction of sp³-hybridized carbons (Fsp3) is 0.0164. The van der Waals surface area contributed by atoms with Crippen molar-refractivity contribution in [3.05, 3.63) is 284 Å². The van der Waals surface area contributed by atoms with E-state index in [2.05, 4.69) is 272 Å². The van der Waals surface area contributed by atoms with Gasteiger partial charge >= 0.3 is 0 Å². The monoisotopic (exact) mass is 791 g/mol. The Morgan fingerprint density at radius 1 is 0.177 bits per heavy atom. The second kappa shape index (κ2) is 17.7. The predicted molar refractivity (Wildman–Crippen MR) is 262 cm³/mol. The van der Waals surface area contributed by atoms with Gasteiger partial charge in [0.15, 0.2) is 0 Å². The van der Waals surface area contributed by atoms with E-state index in [4.69, 9.17) is 0 Å². The van der Waals surface area contributed by atoms with Gasteiger partial charge in [0.05, 0.1) is 0 Å². The van der Waals surface area contributed by atoms with Gasteiger partial charge in [0.2, 0.25) is 0 Å². The van der Waals surface area contributed by atoms with Crippen molar-refractivity contribution in [1.29, 1.82) is 0 Å². The molecule has 1 atom stereocenters. The summed E-state index contributed by atoms with van der Waals surface area (Å²) in [5.74, 6) is 0.113. The average molecular weight is 792 g/mol. The van der Waals surface area contributed by atoms with Crippen LogP contribution in [0.4, 0.5) is 17.1 Å². The molecule has 294 valence electrons. The van der Waals surface area contributed by atoms with Gasteiger partial charge in [-0.15, -0.1) is 0 Å². The van der Waals surface area contributed by atoms with E-state index in [1.54, 1.807) is 0 Å². The molecule has 1 heteroatoms. The van der Waals surface area contributed by atoms with Gasteiger partial charge in [-0.25, -0.2) is 0 Å². The van der Waals surface area contributed by atoms with E-state index in [9.17, 15) is 0 Å². The van der Waals surface area contributed by atoms with Crippen LogP contribution < -0.4 is 4.90 Å². The molecular weight excluding hydrogens is 747 g/mol. The zero-order valence-electron chi connectivity index (χ0n) is 34.4. The maximum Gasteiger partial charge on any atom is 0.0462 e. The molecule has 0 radical (unpaired) electrons. The second-order valence-corrected chi connectivity index (χ2v) is 15.7. The Morgan fingerprint density at radius 3 is 0.710 bits per heavy atom. The molecule has 0 aliphatic heterocycles. The van der Waals surface area contributed by atoms with Gasteiger partial charge in [0.1, 0.15) is 0 Å². The van der Waals surface area contributed by atoms with Crippen LogP contribution in [0.15, 0.2) is 267 Å². The molecule has 0 fully saturated rings. The Labute approximate surface area is 365 Å². The van der Waals surface area contributed by atoms with Crippen molar-refractivity contribution in [2.75, 3.05) is 4.90 Å². The zero-order valence-corrected chi connectivity index (χ0v) is 34.4. The third-order valence-electron chi connectivity index (χ3n) is 11.9. The normalized spacial score (nSPS) is 11.5. The minimum Gasteiger partial charge on any atom is -0.311 e. The lowest BCUT2D eigenvalue weighted by molar-refractivity contribution is 0.978. The van der Waals surface area contributed by atoms with E-state index in [-0.39, 0.29) is 5.92 Å². The number of hydrogen-bond donors (Lipinski definition) is 0. The van der Waals surface area contributed by atoms with E-state index in [0.717, 1.165) is 17.1 Å². The highest BCUT2D eigenvalue weighted by Crippen LogP contribution is 2.38. The highest BCUT2D eigenvalue weighted by Gasteiger charge is 2.18. The lowest BCUT2D eigenvalue weighted by atomic mass is 9.84. The summed E-state index contributed by atoms with van der Waals surface area (Å²) in [6.45, 7) is 0. The molecule has 0 N–H and O–H groups in total. The molecule has 0 aliphatic carbocycles. The smallest absolute Gasteiger partial charge is 0.0462 e. The number of rotatable bonds is 11. The first-order valence-corrected chi connectivity index (χ1v) is 21.4. The molecular formula is C61H45N. The number of hydrogen-bond acceptors (Lipinski definition) is 1. The molecule has 10 rings (SSSR count). The van der Waals surface area contributed by atoms with Crippen molar-refractivity contribution in [3.8, 4) is 55.6 Å². The van der Waals surface area contributed by atoms with Crippen LogP contribution in [0.25, 0.3) is 55.6 Å². The standard InChI is InChI=1S/C61H45N/c1-5-13-45(14-6-1)47-21-25-49(26-22-47)51-29-33-56(34-30-51)61(55-17-9-3-10-18-55)57-35-31-52(32-36-57)54-39-43-60(44-40-54)62(58-19-11-4-12-20-58)59-41-37-53(38-42-59)50-27-23-48(24-28-50)46-15-7-2-8-16-46/h1-44,61H. The predicted octanol–water partition coefficient (Wildman–Crippen LogP) is 16.7. The number of nitrogens with zero attached hydrogens (tertiary/aromatic N) is 1. The van der Waals surface area contributed by atoms with E-state index in [1.165, 1.54) is 72.3 Å². The first-order chi connectivity index (χ1) is 30.7. The summed E-state index contributed by atoms with van der Waals surface area (Å²) in [5, 5.41) is 0. The lowest BCUT2D eigenvalue weighted by Gasteiger charge is -2.26. The van der Waals surface area contributed by atoms with Crippen LogP contribution in [0, 0.1) is 0 Å². The Morgan fingerprint density at radius 2 is 0.387 bits per heavy atom. The van der Waals surface area contributed by atoms with E-state index >= 15 is 0 Å². The molecule has 0 saturated heterocycles. The number of anilines is 3. The molecule has 0 saturated carbocycles. The van der Waals surface area contributed by atoms with Crippen LogP contribution in [0.5, 0.6) is 0 Å². The van der Waals surface area contributed by atoms with Gasteiger partial charge < -0.3 is 4.90 Å². The highest BCUT2D eigenvalue weighted by molar-refractivity contribution is 5.80. The first kappa shape index (κ1) is 38.2. The molecule has 10 aromatic carbocycles. The molecule has 0 aromatic heterocycles. The third kappa shape index (κ3) is 8.26. The summed E-state index contributed by atoms with van der Waals surface area (Å²) in [6.07, 6.45) is 0. The zero-order chi connectivity index (χ0) is 41.5. The van der Waals surface area contributed by atoms with Gasteiger partial charge in [0.25, 0.3) is 0 Å². The summed E-state index contributed by atoms with van der Waals surface area (Å²) in [5.41, 5.74) is 19.3. The van der Waals surface area contributed by atoms with E-state index < -0.39 is 0 Å². The van der Waals surface area contributed by atoms with Crippen molar-refractivity contribution < 1.29 is 0 Å². The van der Waals surface area contributed by atoms with Crippen LogP contribution in [0.1, 0.15) is 22.6 Å². The molecule has 0 bridgehead atoms. The van der Waals surface area contributed by atoms with Gasteiger partial charge in [-0.1, -0.05) is 231 Å². The van der Waals surface area contributed by atoms with Gasteiger partial charge in [0, 0.05) is 23.0 Å². The maximum atomic E-state index is 2.32. The van der Waals surface area contributed by atoms with Crippen molar-refractivity contribution in [3.63, 3.8) is 0 Å². The second-order valence-electron chi connectivity index (χ2n) is 15.7. The maximum absolute atomic E-state index is 2.32. The van der Waals surface area contributed by atoms with E-state index in [1.807, 2.05) is 0 Å². The molecule has 0 heterocycles. The van der Waals surface area contributed by atoms with Gasteiger partial charge in [-0.3, -0.25) is 0 Å². The van der Waals surface area contributed by atoms with Crippen LogP contribution in [-0.2, 0) is 0 Å². The Bertz CT molecular complexity index is 2750. The lowest BCUT2D eigenvalue weighted by Crippen LogP contribution is -2.09. The Balaban J connectivity index is 0.887. The summed E-state index contributed by atoms with van der Waals surface area (Å²) < 4.78 is 0. The van der Waals surface area contributed by atoms with Crippen molar-refractivity contribution in [2.24, 2.45) is 0 Å². The summed E-state index contributed by atoms with van der Waals surface area (Å²) >= 11 is 0. The Kier molecular flexibility index (Phi) is 10.9. The van der Waals surface area contributed by atoms with Crippen molar-refractivity contribution >= 4 is 17.1 Å². The highest BCUT2D eigenvalue weighted by atomic mass is 15.1. The SMILES string of the molecule is c1ccc(-c2ccc(-c3ccc(C(c4ccccc4)c4ccc(-c5ccc(N(c6ccccc6)c6ccc(-c7ccc(-c8ccccc8)cc7)cc6)cc5)cc4)cc3)cc2)cc1. The first-order valence-electron chi connectivity index (χ1n) is 21.4. The minimum absolute atomic E-state index is 0.113. The number of benzene rings is 10. The van der Waals surface area contributed by atoms with Crippen molar-refractivity contribution in [1.82, 2.24) is 0 Å².